The molecule has 0 spiro atoms. The van der Waals surface area contributed by atoms with Gasteiger partial charge in [0.1, 0.15) is 17.7 Å². The second-order valence-corrected chi connectivity index (χ2v) is 8.29. The van der Waals surface area contributed by atoms with Crippen LogP contribution in [0.1, 0.15) is 39.3 Å². The van der Waals surface area contributed by atoms with Crippen LogP contribution in [0.4, 0.5) is 13.2 Å². The molecule has 35 heavy (non-hydrogen) atoms. The van der Waals surface area contributed by atoms with Gasteiger partial charge in [0.15, 0.2) is 5.78 Å². The van der Waals surface area contributed by atoms with Gasteiger partial charge in [-0.15, -0.1) is 0 Å². The maximum Gasteiger partial charge on any atom is 0.401 e. The Morgan fingerprint density at radius 2 is 1.86 bits per heavy atom. The average molecular weight is 492 g/mol. The van der Waals surface area contributed by atoms with E-state index < -0.39 is 12.7 Å². The van der Waals surface area contributed by atoms with Gasteiger partial charge in [0, 0.05) is 30.1 Å². The number of carbonyl (C=O) groups is 2. The lowest BCUT2D eigenvalue weighted by Crippen LogP contribution is -2.41. The molecule has 0 radical (unpaired) electrons. The molecule has 1 saturated heterocycles. The minimum atomic E-state index is -4.19. The van der Waals surface area contributed by atoms with Gasteiger partial charge in [0.05, 0.1) is 13.7 Å². The molecule has 188 valence electrons. The summed E-state index contributed by atoms with van der Waals surface area (Å²) in [5.74, 6) is -0.517. The SMILES string of the molecule is CON(C)C(=O)c1ccccc1C.O=C(c1ncnc2[nH]ccc12)C1CCN(CC(F)(F)F)CC1. The summed E-state index contributed by atoms with van der Waals surface area (Å²) in [5.41, 5.74) is 2.57. The highest BCUT2D eigenvalue weighted by Gasteiger charge is 2.34. The summed E-state index contributed by atoms with van der Waals surface area (Å²) in [7, 11) is 3.06. The van der Waals surface area contributed by atoms with Gasteiger partial charge < -0.3 is 4.98 Å². The molecule has 4 rings (SSSR count). The van der Waals surface area contributed by atoms with Crippen molar-refractivity contribution in [2.45, 2.75) is 25.9 Å². The van der Waals surface area contributed by atoms with Gasteiger partial charge in [-0.1, -0.05) is 18.2 Å². The Bertz CT molecular complexity index is 1160. The van der Waals surface area contributed by atoms with Gasteiger partial charge >= 0.3 is 6.18 Å². The molecular weight excluding hydrogens is 463 g/mol. The first kappa shape index (κ1) is 26.3. The fourth-order valence-electron chi connectivity index (χ4n) is 3.93. The molecule has 11 heteroatoms. The maximum atomic E-state index is 12.6. The van der Waals surface area contributed by atoms with Crippen LogP contribution in [0.25, 0.3) is 11.0 Å². The lowest BCUT2D eigenvalue weighted by Gasteiger charge is -2.31. The molecule has 1 amide bonds. The van der Waals surface area contributed by atoms with E-state index in [1.54, 1.807) is 25.4 Å². The zero-order valence-electron chi connectivity index (χ0n) is 19.8. The van der Waals surface area contributed by atoms with Crippen LogP contribution < -0.4 is 0 Å². The van der Waals surface area contributed by atoms with Gasteiger partial charge in [-0.2, -0.15) is 13.2 Å². The van der Waals surface area contributed by atoms with Crippen molar-refractivity contribution in [3.05, 3.63) is 59.7 Å². The van der Waals surface area contributed by atoms with Gasteiger partial charge in [-0.3, -0.25) is 19.3 Å². The molecule has 1 aliphatic rings. The highest BCUT2D eigenvalue weighted by Crippen LogP contribution is 2.26. The van der Waals surface area contributed by atoms with Crippen LogP contribution in [0.2, 0.25) is 0 Å². The lowest BCUT2D eigenvalue weighted by atomic mass is 9.90. The van der Waals surface area contributed by atoms with Crippen molar-refractivity contribution in [1.82, 2.24) is 24.9 Å². The number of H-pyrrole nitrogens is 1. The van der Waals surface area contributed by atoms with Crippen molar-refractivity contribution in [3.8, 4) is 0 Å². The van der Waals surface area contributed by atoms with E-state index >= 15 is 0 Å². The number of amides is 1. The number of hydrogen-bond donors (Lipinski definition) is 1. The Balaban J connectivity index is 0.000000225. The summed E-state index contributed by atoms with van der Waals surface area (Å²) in [6, 6.07) is 9.16. The predicted molar refractivity (Wildman–Crippen MR) is 124 cm³/mol. The first-order chi connectivity index (χ1) is 16.6. The topological polar surface area (TPSA) is 91.4 Å². The van der Waals surface area contributed by atoms with E-state index in [2.05, 4.69) is 15.0 Å². The third-order valence-corrected chi connectivity index (χ3v) is 5.88. The van der Waals surface area contributed by atoms with E-state index in [4.69, 9.17) is 4.84 Å². The molecule has 0 bridgehead atoms. The van der Waals surface area contributed by atoms with E-state index in [9.17, 15) is 22.8 Å². The predicted octanol–water partition coefficient (Wildman–Crippen LogP) is 4.04. The number of piperidine rings is 1. The van der Waals surface area contributed by atoms with Crippen LogP contribution in [0.3, 0.4) is 0 Å². The van der Waals surface area contributed by atoms with Crippen LogP contribution in [-0.2, 0) is 4.84 Å². The number of alkyl halides is 3. The number of hydrogen-bond acceptors (Lipinski definition) is 6. The molecular formula is C24H28F3N5O3. The molecule has 1 N–H and O–H groups in total. The van der Waals surface area contributed by atoms with E-state index in [0.29, 0.717) is 35.1 Å². The first-order valence-corrected chi connectivity index (χ1v) is 11.1. The highest BCUT2D eigenvalue weighted by molar-refractivity contribution is 6.06. The molecule has 0 atom stereocenters. The van der Waals surface area contributed by atoms with E-state index in [0.717, 1.165) is 5.56 Å². The number of aromatic nitrogens is 3. The number of hydroxylamine groups is 2. The van der Waals surface area contributed by atoms with E-state index in [1.165, 1.54) is 23.4 Å². The molecule has 3 heterocycles. The summed E-state index contributed by atoms with van der Waals surface area (Å²) in [5, 5.41) is 1.87. The molecule has 0 aliphatic carbocycles. The number of likely N-dealkylation sites (tertiary alicyclic amines) is 1. The number of fused-ring (bicyclic) bond motifs is 1. The molecule has 2 aromatic heterocycles. The van der Waals surface area contributed by atoms with Crippen LogP contribution >= 0.6 is 0 Å². The number of halogens is 3. The van der Waals surface area contributed by atoms with Crippen LogP contribution in [0.15, 0.2) is 42.9 Å². The van der Waals surface area contributed by atoms with Crippen LogP contribution in [0.5, 0.6) is 0 Å². The van der Waals surface area contributed by atoms with Crippen LogP contribution in [-0.4, -0.2) is 76.6 Å². The van der Waals surface area contributed by atoms with E-state index in [1.807, 2.05) is 25.1 Å². The number of Topliss-reactive ketones (excluding diaryl/α,β-unsaturated/α-hetero) is 1. The summed E-state index contributed by atoms with van der Waals surface area (Å²) in [6.07, 6.45) is -0.344. The normalized spacial score (nSPS) is 14.9. The number of aromatic amines is 1. The molecule has 1 fully saturated rings. The molecule has 1 aromatic carbocycles. The summed E-state index contributed by atoms with van der Waals surface area (Å²) >= 11 is 0. The Kier molecular flexibility index (Phi) is 8.57. The van der Waals surface area contributed by atoms with E-state index in [-0.39, 0.29) is 30.7 Å². The van der Waals surface area contributed by atoms with Crippen molar-refractivity contribution < 1.29 is 27.6 Å². The Morgan fingerprint density at radius 3 is 2.49 bits per heavy atom. The number of nitrogens with one attached hydrogen (secondary N) is 1. The lowest BCUT2D eigenvalue weighted by molar-refractivity contribution is -0.148. The number of aryl methyl sites for hydroxylation is 1. The highest BCUT2D eigenvalue weighted by atomic mass is 19.4. The maximum absolute atomic E-state index is 12.6. The second kappa shape index (κ2) is 11.4. The Hall–Kier alpha value is -3.31. The standard InChI is InChI=1S/C14H15F3N4O.C10H13NO2/c15-14(16,17)7-21-5-2-9(3-6-21)12(22)11-10-1-4-18-13(10)20-8-19-11;1-8-6-4-5-7-9(8)10(12)11(2)13-3/h1,4,8-9H,2-3,5-7H2,(H,18,19,20);4-7H,1-3H3. The fraction of sp³-hybridized carbons (Fsp3) is 0.417. The zero-order valence-corrected chi connectivity index (χ0v) is 19.8. The number of rotatable bonds is 5. The number of nitrogens with zero attached hydrogens (tertiary/aromatic N) is 4. The third-order valence-electron chi connectivity index (χ3n) is 5.88. The molecule has 8 nitrogen and oxygen atoms in total. The molecule has 1 aliphatic heterocycles. The van der Waals surface area contributed by atoms with Crippen molar-refractivity contribution in [2.75, 3.05) is 33.8 Å². The first-order valence-electron chi connectivity index (χ1n) is 11.1. The smallest absolute Gasteiger partial charge is 0.346 e. The van der Waals surface area contributed by atoms with Crippen molar-refractivity contribution in [1.29, 1.82) is 0 Å². The van der Waals surface area contributed by atoms with Gasteiger partial charge in [0.25, 0.3) is 5.91 Å². The summed E-state index contributed by atoms with van der Waals surface area (Å²) < 4.78 is 37.1. The second-order valence-electron chi connectivity index (χ2n) is 8.29. The third kappa shape index (κ3) is 6.86. The average Bonchev–Trinajstić information content (AvgIpc) is 3.32. The molecule has 3 aromatic rings. The quantitative estimate of drug-likeness (QED) is 0.428. The largest absolute Gasteiger partial charge is 0.401 e. The van der Waals surface area contributed by atoms with Gasteiger partial charge in [0.2, 0.25) is 0 Å². The molecule has 0 saturated carbocycles. The number of ketones is 1. The van der Waals surface area contributed by atoms with Crippen molar-refractivity contribution in [2.24, 2.45) is 5.92 Å². The van der Waals surface area contributed by atoms with Crippen molar-refractivity contribution >= 4 is 22.7 Å². The summed E-state index contributed by atoms with van der Waals surface area (Å²) in [4.78, 5) is 41.3. The number of benzene rings is 1. The molecule has 0 unspecified atom stereocenters. The zero-order chi connectivity index (χ0) is 25.6. The monoisotopic (exact) mass is 491 g/mol. The summed E-state index contributed by atoms with van der Waals surface area (Å²) in [6.45, 7) is 1.54. The minimum absolute atomic E-state index is 0.112. The Labute approximate surface area is 201 Å². The van der Waals surface area contributed by atoms with Gasteiger partial charge in [-0.25, -0.2) is 15.0 Å². The van der Waals surface area contributed by atoms with Gasteiger partial charge in [-0.05, 0) is 50.6 Å². The number of carbonyl (C=O) groups excluding carboxylic acids is 2. The minimum Gasteiger partial charge on any atom is -0.346 e. The fourth-order valence-corrected chi connectivity index (χ4v) is 3.93. The Morgan fingerprint density at radius 1 is 1.17 bits per heavy atom. The van der Waals surface area contributed by atoms with Crippen molar-refractivity contribution in [3.63, 3.8) is 0 Å². The van der Waals surface area contributed by atoms with Crippen LogP contribution in [0, 0.1) is 12.8 Å².